The summed E-state index contributed by atoms with van der Waals surface area (Å²) in [5, 5.41) is 16.4. The van der Waals surface area contributed by atoms with Crippen molar-refractivity contribution in [3.63, 3.8) is 0 Å². The zero-order chi connectivity index (χ0) is 18.6. The van der Waals surface area contributed by atoms with Gasteiger partial charge in [0.2, 0.25) is 0 Å². The first-order chi connectivity index (χ1) is 11.9. The smallest absolute Gasteiger partial charge is 0.309 e. The van der Waals surface area contributed by atoms with Gasteiger partial charge in [-0.15, -0.1) is 0 Å². The molecule has 0 radical (unpaired) electrons. The minimum Gasteiger partial charge on any atom is -0.507 e. The number of methoxy groups -OCH3 is 1. The van der Waals surface area contributed by atoms with Crippen LogP contribution in [0, 0.1) is 17.7 Å². The first kappa shape index (κ1) is 18.6. The molecule has 2 unspecified atom stereocenters. The molecular formula is C18H21FN2O4. The molecule has 0 aliphatic heterocycles. The van der Waals surface area contributed by atoms with Crippen LogP contribution in [0.5, 0.6) is 5.75 Å². The monoisotopic (exact) mass is 348 g/mol. The number of hydrogen-bond acceptors (Lipinski definition) is 5. The number of esters is 1. The normalized spacial score (nSPS) is 13.3. The number of carbonyl (C=O) groups excluding carboxylic acids is 2. The molecule has 0 aliphatic rings. The van der Waals surface area contributed by atoms with E-state index in [4.69, 9.17) is 4.74 Å². The number of rotatable bonds is 7. The Morgan fingerprint density at radius 2 is 2.08 bits per heavy atom. The van der Waals surface area contributed by atoms with E-state index in [0.717, 1.165) is 18.6 Å². The van der Waals surface area contributed by atoms with Gasteiger partial charge in [-0.3, -0.25) is 14.7 Å². The molecule has 6 nitrogen and oxygen atoms in total. The Bertz CT molecular complexity index is 772. The lowest BCUT2D eigenvalue weighted by Gasteiger charge is -2.19. The molecule has 2 atom stereocenters. The number of halogens is 1. The summed E-state index contributed by atoms with van der Waals surface area (Å²) in [6.07, 6.45) is 0.719. The summed E-state index contributed by atoms with van der Waals surface area (Å²) in [6, 6.07) is 4.92. The van der Waals surface area contributed by atoms with Crippen molar-refractivity contribution in [2.45, 2.75) is 26.7 Å². The van der Waals surface area contributed by atoms with Crippen LogP contribution in [0.25, 0.3) is 11.3 Å². The van der Waals surface area contributed by atoms with E-state index in [1.54, 1.807) is 0 Å². The van der Waals surface area contributed by atoms with Crippen LogP contribution in [0.4, 0.5) is 4.39 Å². The summed E-state index contributed by atoms with van der Waals surface area (Å²) in [5.41, 5.74) is 0.621. The van der Waals surface area contributed by atoms with E-state index in [1.807, 2.05) is 13.8 Å². The Balaban J connectivity index is 2.22. The highest BCUT2D eigenvalue weighted by Crippen LogP contribution is 2.29. The van der Waals surface area contributed by atoms with Gasteiger partial charge in [-0.2, -0.15) is 5.10 Å². The molecule has 7 heteroatoms. The molecule has 0 spiro atoms. The van der Waals surface area contributed by atoms with Crippen LogP contribution < -0.4 is 0 Å². The Morgan fingerprint density at radius 1 is 1.36 bits per heavy atom. The maximum Gasteiger partial charge on any atom is 0.309 e. The number of aromatic amines is 1. The fraction of sp³-hybridized carbons (Fsp3) is 0.389. The van der Waals surface area contributed by atoms with Crippen LogP contribution >= 0.6 is 0 Å². The Hall–Kier alpha value is -2.70. The number of benzene rings is 1. The molecular weight excluding hydrogens is 327 g/mol. The van der Waals surface area contributed by atoms with Gasteiger partial charge in [-0.1, -0.05) is 20.3 Å². The molecule has 1 aromatic carbocycles. The molecule has 0 fully saturated rings. The van der Waals surface area contributed by atoms with Crippen molar-refractivity contribution in [1.82, 2.24) is 10.2 Å². The van der Waals surface area contributed by atoms with Gasteiger partial charge in [-0.05, 0) is 30.2 Å². The van der Waals surface area contributed by atoms with Crippen molar-refractivity contribution in [2.75, 3.05) is 7.11 Å². The molecule has 1 aromatic heterocycles. The van der Waals surface area contributed by atoms with Gasteiger partial charge in [0.15, 0.2) is 5.78 Å². The molecule has 2 rings (SSSR count). The van der Waals surface area contributed by atoms with Crippen LogP contribution in [-0.4, -0.2) is 34.2 Å². The lowest BCUT2D eigenvalue weighted by molar-refractivity contribution is -0.147. The topological polar surface area (TPSA) is 92.3 Å². The van der Waals surface area contributed by atoms with Crippen molar-refractivity contribution in [3.8, 4) is 17.0 Å². The van der Waals surface area contributed by atoms with E-state index in [1.165, 1.54) is 19.2 Å². The fourth-order valence-electron chi connectivity index (χ4n) is 2.58. The second kappa shape index (κ2) is 7.92. The molecule has 0 saturated carbocycles. The standard InChI is InChI=1S/C18H21FN2O4/c1-4-10(2)12(18(24)25-3)8-17(23)15-9-14(20-21-15)13-7-11(19)5-6-16(13)22/h5-7,9-10,12,22H,4,8H2,1-3H3,(H,20,21). The van der Waals surface area contributed by atoms with Crippen LogP contribution in [0.2, 0.25) is 0 Å². The van der Waals surface area contributed by atoms with Crippen molar-refractivity contribution >= 4 is 11.8 Å². The van der Waals surface area contributed by atoms with Crippen molar-refractivity contribution in [3.05, 3.63) is 35.8 Å². The summed E-state index contributed by atoms with van der Waals surface area (Å²) >= 11 is 0. The van der Waals surface area contributed by atoms with E-state index < -0.39 is 17.7 Å². The van der Waals surface area contributed by atoms with Gasteiger partial charge in [0.05, 0.1) is 18.7 Å². The maximum atomic E-state index is 13.4. The summed E-state index contributed by atoms with van der Waals surface area (Å²) in [4.78, 5) is 24.4. The largest absolute Gasteiger partial charge is 0.507 e. The van der Waals surface area contributed by atoms with Crippen LogP contribution in [0.15, 0.2) is 24.3 Å². The summed E-state index contributed by atoms with van der Waals surface area (Å²) in [7, 11) is 1.29. The third-order valence-corrected chi connectivity index (χ3v) is 4.35. The van der Waals surface area contributed by atoms with Crippen LogP contribution in [0.3, 0.4) is 0 Å². The number of Topliss-reactive ketones (excluding diaryl/α,β-unsaturated/α-hetero) is 1. The average molecular weight is 348 g/mol. The zero-order valence-electron chi connectivity index (χ0n) is 14.4. The van der Waals surface area contributed by atoms with Crippen molar-refractivity contribution in [1.29, 1.82) is 0 Å². The zero-order valence-corrected chi connectivity index (χ0v) is 14.4. The molecule has 0 bridgehead atoms. The highest BCUT2D eigenvalue weighted by Gasteiger charge is 2.28. The first-order valence-corrected chi connectivity index (χ1v) is 8.02. The lowest BCUT2D eigenvalue weighted by atomic mass is 9.87. The highest BCUT2D eigenvalue weighted by atomic mass is 19.1. The van der Waals surface area contributed by atoms with Crippen molar-refractivity contribution in [2.24, 2.45) is 11.8 Å². The summed E-state index contributed by atoms with van der Waals surface area (Å²) in [6.45, 7) is 3.82. The number of nitrogens with one attached hydrogen (secondary N) is 1. The number of ketones is 1. The van der Waals surface area contributed by atoms with Gasteiger partial charge < -0.3 is 9.84 Å². The summed E-state index contributed by atoms with van der Waals surface area (Å²) in [5.74, 6) is -1.94. The number of aromatic hydroxyl groups is 1. The lowest BCUT2D eigenvalue weighted by Crippen LogP contribution is -2.26. The minimum absolute atomic E-state index is 0.00828. The Kier molecular flexibility index (Phi) is 5.90. The predicted molar refractivity (Wildman–Crippen MR) is 89.6 cm³/mol. The molecule has 2 aromatic rings. The van der Waals surface area contributed by atoms with Crippen LogP contribution in [0.1, 0.15) is 37.2 Å². The third kappa shape index (κ3) is 4.23. The van der Waals surface area contributed by atoms with Gasteiger partial charge in [0.25, 0.3) is 0 Å². The maximum absolute atomic E-state index is 13.4. The van der Waals surface area contributed by atoms with Gasteiger partial charge in [0, 0.05) is 12.0 Å². The average Bonchev–Trinajstić information content (AvgIpc) is 3.10. The minimum atomic E-state index is -0.545. The van der Waals surface area contributed by atoms with E-state index in [0.29, 0.717) is 0 Å². The summed E-state index contributed by atoms with van der Waals surface area (Å²) < 4.78 is 18.1. The number of nitrogens with zero attached hydrogens (tertiary/aromatic N) is 1. The number of hydrogen-bond donors (Lipinski definition) is 2. The number of phenols is 1. The highest BCUT2D eigenvalue weighted by molar-refractivity contribution is 5.97. The van der Waals surface area contributed by atoms with E-state index >= 15 is 0 Å². The number of aromatic nitrogens is 2. The van der Waals surface area contributed by atoms with Crippen LogP contribution in [-0.2, 0) is 9.53 Å². The number of phenolic OH excluding ortho intramolecular Hbond substituents is 1. The quantitative estimate of drug-likeness (QED) is 0.591. The van der Waals surface area contributed by atoms with E-state index in [-0.39, 0.29) is 40.8 Å². The van der Waals surface area contributed by atoms with Gasteiger partial charge in [0.1, 0.15) is 17.3 Å². The van der Waals surface area contributed by atoms with Crippen molar-refractivity contribution < 1.29 is 23.8 Å². The second-order valence-corrected chi connectivity index (χ2v) is 5.97. The van der Waals surface area contributed by atoms with Gasteiger partial charge >= 0.3 is 5.97 Å². The fourth-order valence-corrected chi connectivity index (χ4v) is 2.58. The third-order valence-electron chi connectivity index (χ3n) is 4.35. The number of ether oxygens (including phenoxy) is 1. The number of H-pyrrole nitrogens is 1. The molecule has 134 valence electrons. The molecule has 2 N–H and O–H groups in total. The second-order valence-electron chi connectivity index (χ2n) is 5.97. The predicted octanol–water partition coefficient (Wildman–Crippen LogP) is 3.33. The Morgan fingerprint density at radius 3 is 2.72 bits per heavy atom. The van der Waals surface area contributed by atoms with E-state index in [9.17, 15) is 19.1 Å². The van der Waals surface area contributed by atoms with Gasteiger partial charge in [-0.25, -0.2) is 4.39 Å². The molecule has 0 amide bonds. The molecule has 0 aliphatic carbocycles. The number of carbonyl (C=O) groups is 2. The molecule has 0 saturated heterocycles. The first-order valence-electron chi connectivity index (χ1n) is 8.02. The Labute approximate surface area is 145 Å². The molecule has 1 heterocycles. The SMILES string of the molecule is CCC(C)C(CC(=O)c1cc(-c2cc(F)ccc2O)n[nH]1)C(=O)OC. The van der Waals surface area contributed by atoms with E-state index in [2.05, 4.69) is 10.2 Å². The molecule has 25 heavy (non-hydrogen) atoms.